The second-order valence-corrected chi connectivity index (χ2v) is 10.1. The average molecular weight is 501 g/mol. The number of carbonyl (C=O) groups excluding carboxylic acids is 2. The Labute approximate surface area is 212 Å². The summed E-state index contributed by atoms with van der Waals surface area (Å²) < 4.78 is 6.16. The van der Waals surface area contributed by atoms with Gasteiger partial charge >= 0.3 is 0 Å². The Balaban J connectivity index is 1.53. The molecule has 3 aromatic heterocycles. The van der Waals surface area contributed by atoms with E-state index in [0.29, 0.717) is 28.0 Å². The van der Waals surface area contributed by atoms with Crippen molar-refractivity contribution in [2.24, 2.45) is 5.41 Å². The van der Waals surface area contributed by atoms with Crippen molar-refractivity contribution in [2.75, 3.05) is 19.4 Å². The molecular formula is C26H24N6O3S. The van der Waals surface area contributed by atoms with Crippen LogP contribution in [-0.4, -0.2) is 51.0 Å². The predicted molar refractivity (Wildman–Crippen MR) is 136 cm³/mol. The van der Waals surface area contributed by atoms with Crippen LogP contribution in [0, 0.1) is 5.41 Å². The molecule has 1 aliphatic heterocycles. The maximum Gasteiger partial charge on any atom is 0.253 e. The van der Waals surface area contributed by atoms with Crippen molar-refractivity contribution >= 4 is 28.3 Å². The SMILES string of the molecule is CN(C)C(=O)c1ccc(-c2ccc3c(n2)Oc2cnccc2C3C(C)(C)C(=O)Nc2nncs2)cc1. The molecule has 4 heterocycles. The summed E-state index contributed by atoms with van der Waals surface area (Å²) in [5.41, 5.74) is 4.49. The quantitative estimate of drug-likeness (QED) is 0.426. The van der Waals surface area contributed by atoms with Crippen LogP contribution in [0.5, 0.6) is 11.6 Å². The lowest BCUT2D eigenvalue weighted by molar-refractivity contribution is -0.124. The Morgan fingerprint density at radius 3 is 2.53 bits per heavy atom. The lowest BCUT2D eigenvalue weighted by Gasteiger charge is -2.37. The number of fused-ring (bicyclic) bond motifs is 2. The minimum Gasteiger partial charge on any atom is -0.437 e. The molecule has 1 aliphatic rings. The summed E-state index contributed by atoms with van der Waals surface area (Å²) in [6.45, 7) is 3.78. The molecule has 2 amide bonds. The number of nitrogens with zero attached hydrogens (tertiary/aromatic N) is 5. The van der Waals surface area contributed by atoms with Crippen LogP contribution in [0.3, 0.4) is 0 Å². The van der Waals surface area contributed by atoms with E-state index >= 15 is 0 Å². The summed E-state index contributed by atoms with van der Waals surface area (Å²) in [6.07, 6.45) is 3.33. The second-order valence-electron chi connectivity index (χ2n) is 9.24. The van der Waals surface area contributed by atoms with Gasteiger partial charge in [-0.2, -0.15) is 0 Å². The minimum absolute atomic E-state index is 0.0655. The van der Waals surface area contributed by atoms with Gasteiger partial charge in [-0.05, 0) is 24.3 Å². The van der Waals surface area contributed by atoms with Crippen LogP contribution >= 0.6 is 11.3 Å². The number of pyridine rings is 2. The van der Waals surface area contributed by atoms with Crippen molar-refractivity contribution in [1.29, 1.82) is 0 Å². The number of ether oxygens (including phenoxy) is 1. The van der Waals surface area contributed by atoms with E-state index in [0.717, 1.165) is 16.7 Å². The van der Waals surface area contributed by atoms with Gasteiger partial charge in [-0.3, -0.25) is 14.6 Å². The average Bonchev–Trinajstić information content (AvgIpc) is 3.39. The molecule has 0 saturated carbocycles. The fourth-order valence-electron chi connectivity index (χ4n) is 4.34. The van der Waals surface area contributed by atoms with Crippen LogP contribution in [-0.2, 0) is 4.79 Å². The second kappa shape index (κ2) is 9.12. The number of hydrogen-bond acceptors (Lipinski definition) is 8. The molecule has 0 fully saturated rings. The highest BCUT2D eigenvalue weighted by Crippen LogP contribution is 2.51. The third kappa shape index (κ3) is 4.20. The molecule has 1 unspecified atom stereocenters. The lowest BCUT2D eigenvalue weighted by Crippen LogP contribution is -2.38. The van der Waals surface area contributed by atoms with E-state index in [9.17, 15) is 9.59 Å². The van der Waals surface area contributed by atoms with Gasteiger partial charge in [0.25, 0.3) is 5.91 Å². The smallest absolute Gasteiger partial charge is 0.253 e. The normalized spacial score (nSPS) is 14.3. The molecule has 5 rings (SSSR count). The van der Waals surface area contributed by atoms with Gasteiger partial charge in [-0.25, -0.2) is 4.98 Å². The molecule has 0 saturated heterocycles. The zero-order valence-electron chi connectivity index (χ0n) is 20.2. The zero-order chi connectivity index (χ0) is 25.4. The summed E-state index contributed by atoms with van der Waals surface area (Å²) in [4.78, 5) is 36.2. The first-order valence-corrected chi connectivity index (χ1v) is 12.2. The zero-order valence-corrected chi connectivity index (χ0v) is 21.0. The first-order chi connectivity index (χ1) is 17.3. The van der Waals surface area contributed by atoms with Crippen molar-refractivity contribution in [3.05, 3.63) is 77.1 Å². The number of carbonyl (C=O) groups is 2. The van der Waals surface area contributed by atoms with E-state index in [1.54, 1.807) is 44.1 Å². The fourth-order valence-corrected chi connectivity index (χ4v) is 4.78. The standard InChI is InChI=1S/C26H24N6O3S/c1-26(2,24(34)30-25-31-28-14-36-25)21-17-11-12-27-13-20(17)35-22-18(21)9-10-19(29-22)15-5-7-16(8-6-15)23(33)32(3)4/h5-14,21H,1-4H3,(H,30,31,34). The summed E-state index contributed by atoms with van der Waals surface area (Å²) >= 11 is 1.26. The molecule has 1 atom stereocenters. The fraction of sp³-hybridized carbons (Fsp3) is 0.231. The molecule has 36 heavy (non-hydrogen) atoms. The third-order valence-corrected chi connectivity index (χ3v) is 6.86. The highest BCUT2D eigenvalue weighted by Gasteiger charge is 2.44. The topological polar surface area (TPSA) is 110 Å². The molecule has 4 aromatic rings. The van der Waals surface area contributed by atoms with Crippen LogP contribution in [0.1, 0.15) is 41.3 Å². The molecule has 1 N–H and O–H groups in total. The van der Waals surface area contributed by atoms with Crippen LogP contribution in [0.15, 0.2) is 60.4 Å². The highest BCUT2D eigenvalue weighted by atomic mass is 32.1. The van der Waals surface area contributed by atoms with E-state index < -0.39 is 5.41 Å². The van der Waals surface area contributed by atoms with Gasteiger partial charge in [0.05, 0.1) is 17.3 Å². The van der Waals surface area contributed by atoms with Crippen molar-refractivity contribution in [2.45, 2.75) is 19.8 Å². The summed E-state index contributed by atoms with van der Waals surface area (Å²) in [6, 6.07) is 13.0. The number of aromatic nitrogens is 4. The molecule has 0 radical (unpaired) electrons. The summed E-state index contributed by atoms with van der Waals surface area (Å²) in [5.74, 6) is 0.384. The summed E-state index contributed by atoms with van der Waals surface area (Å²) in [5, 5.41) is 11.1. The molecular weight excluding hydrogens is 476 g/mol. The van der Waals surface area contributed by atoms with E-state index in [1.807, 2.05) is 44.2 Å². The largest absolute Gasteiger partial charge is 0.437 e. The van der Waals surface area contributed by atoms with Crippen molar-refractivity contribution in [3.8, 4) is 22.9 Å². The number of hydrogen-bond donors (Lipinski definition) is 1. The van der Waals surface area contributed by atoms with Gasteiger partial charge in [0.1, 0.15) is 5.51 Å². The Bertz CT molecular complexity index is 1430. The van der Waals surface area contributed by atoms with Gasteiger partial charge in [0.15, 0.2) is 5.75 Å². The number of anilines is 1. The Hall–Kier alpha value is -4.18. The predicted octanol–water partition coefficient (Wildman–Crippen LogP) is 4.60. The van der Waals surface area contributed by atoms with Gasteiger partial charge in [-0.15, -0.1) is 10.2 Å². The van der Waals surface area contributed by atoms with Gasteiger partial charge in [0, 0.05) is 48.5 Å². The molecule has 10 heteroatoms. The first-order valence-electron chi connectivity index (χ1n) is 11.3. The van der Waals surface area contributed by atoms with Crippen molar-refractivity contribution in [1.82, 2.24) is 25.1 Å². The van der Waals surface area contributed by atoms with Crippen LogP contribution in [0.4, 0.5) is 5.13 Å². The summed E-state index contributed by atoms with van der Waals surface area (Å²) in [7, 11) is 3.44. The van der Waals surface area contributed by atoms with Gasteiger partial charge in [-0.1, -0.05) is 43.4 Å². The number of amides is 2. The van der Waals surface area contributed by atoms with Gasteiger partial charge < -0.3 is 15.0 Å². The third-order valence-electron chi connectivity index (χ3n) is 6.26. The molecule has 0 bridgehead atoms. The van der Waals surface area contributed by atoms with Crippen LogP contribution < -0.4 is 10.1 Å². The first kappa shape index (κ1) is 23.6. The van der Waals surface area contributed by atoms with E-state index in [4.69, 9.17) is 9.72 Å². The van der Waals surface area contributed by atoms with E-state index in [1.165, 1.54) is 16.2 Å². The Morgan fingerprint density at radius 2 is 1.83 bits per heavy atom. The maximum atomic E-state index is 13.4. The molecule has 1 aromatic carbocycles. The number of nitrogens with one attached hydrogen (secondary N) is 1. The highest BCUT2D eigenvalue weighted by molar-refractivity contribution is 7.13. The number of benzene rings is 1. The van der Waals surface area contributed by atoms with Crippen molar-refractivity contribution < 1.29 is 14.3 Å². The minimum atomic E-state index is -0.877. The molecule has 182 valence electrons. The Morgan fingerprint density at radius 1 is 1.06 bits per heavy atom. The maximum absolute atomic E-state index is 13.4. The van der Waals surface area contributed by atoms with Crippen LogP contribution in [0.2, 0.25) is 0 Å². The van der Waals surface area contributed by atoms with E-state index in [2.05, 4.69) is 20.5 Å². The van der Waals surface area contributed by atoms with E-state index in [-0.39, 0.29) is 17.7 Å². The van der Waals surface area contributed by atoms with Gasteiger partial charge in [0.2, 0.25) is 16.9 Å². The molecule has 0 aliphatic carbocycles. The lowest BCUT2D eigenvalue weighted by atomic mass is 9.70. The van der Waals surface area contributed by atoms with Crippen molar-refractivity contribution in [3.63, 3.8) is 0 Å². The monoisotopic (exact) mass is 500 g/mol. The Kier molecular flexibility index (Phi) is 5.97. The van der Waals surface area contributed by atoms with Crippen LogP contribution in [0.25, 0.3) is 11.3 Å². The molecule has 0 spiro atoms. The molecule has 9 nitrogen and oxygen atoms in total. The number of rotatable bonds is 5.